The summed E-state index contributed by atoms with van der Waals surface area (Å²) in [6, 6.07) is 1.34. The molecule has 1 aromatic heterocycles. The Morgan fingerprint density at radius 1 is 1.44 bits per heavy atom. The molecule has 0 aromatic carbocycles. The molecule has 18 heavy (non-hydrogen) atoms. The third kappa shape index (κ3) is 4.12. The van der Waals surface area contributed by atoms with Gasteiger partial charge < -0.3 is 10.4 Å². The molecule has 0 unspecified atom stereocenters. The minimum atomic E-state index is -1.10. The highest BCUT2D eigenvalue weighted by Gasteiger charge is 2.22. The van der Waals surface area contributed by atoms with Crippen LogP contribution in [0, 0.1) is 11.7 Å². The van der Waals surface area contributed by atoms with E-state index in [0.717, 1.165) is 12.3 Å². The predicted octanol–water partition coefficient (Wildman–Crippen LogP) is 1.45. The summed E-state index contributed by atoms with van der Waals surface area (Å²) < 4.78 is 12.6. The van der Waals surface area contributed by atoms with Crippen LogP contribution in [-0.4, -0.2) is 28.0 Å². The normalized spacial score (nSPS) is 12.2. The van der Waals surface area contributed by atoms with Crippen LogP contribution in [0.1, 0.15) is 30.8 Å². The van der Waals surface area contributed by atoms with Crippen LogP contribution in [0.4, 0.5) is 4.39 Å². The van der Waals surface area contributed by atoms with E-state index >= 15 is 0 Å². The van der Waals surface area contributed by atoms with Crippen LogP contribution in [0.5, 0.6) is 0 Å². The van der Waals surface area contributed by atoms with Gasteiger partial charge in [0, 0.05) is 0 Å². The van der Waals surface area contributed by atoms with Gasteiger partial charge in [0.05, 0.1) is 6.20 Å². The average Bonchev–Trinajstić information content (AvgIpc) is 2.28. The molecule has 6 heteroatoms. The van der Waals surface area contributed by atoms with Crippen molar-refractivity contribution in [3.05, 3.63) is 29.8 Å². The molecule has 0 aliphatic carbocycles. The average molecular weight is 254 g/mol. The molecule has 0 saturated heterocycles. The zero-order valence-electron chi connectivity index (χ0n) is 10.2. The number of carbonyl (C=O) groups is 2. The Balaban J connectivity index is 2.72. The maximum Gasteiger partial charge on any atom is 0.326 e. The largest absolute Gasteiger partial charge is 0.480 e. The fourth-order valence-electron chi connectivity index (χ4n) is 1.44. The van der Waals surface area contributed by atoms with Crippen LogP contribution in [0.25, 0.3) is 0 Å². The lowest BCUT2D eigenvalue weighted by molar-refractivity contribution is -0.139. The van der Waals surface area contributed by atoms with E-state index in [9.17, 15) is 14.0 Å². The molecule has 1 aromatic rings. The molecular weight excluding hydrogens is 239 g/mol. The lowest BCUT2D eigenvalue weighted by atomic mass is 10.0. The molecule has 5 nitrogen and oxygen atoms in total. The molecule has 0 fully saturated rings. The maximum atomic E-state index is 12.6. The predicted molar refractivity (Wildman–Crippen MR) is 62.5 cm³/mol. The number of hydrogen-bond donors (Lipinski definition) is 2. The van der Waals surface area contributed by atoms with Crippen molar-refractivity contribution in [1.82, 2.24) is 10.3 Å². The van der Waals surface area contributed by atoms with E-state index in [2.05, 4.69) is 10.3 Å². The third-order valence-corrected chi connectivity index (χ3v) is 2.27. The number of pyridine rings is 1. The molecule has 98 valence electrons. The highest BCUT2D eigenvalue weighted by atomic mass is 19.1. The SMILES string of the molecule is CC(C)C[C@H](NC(=O)c1ccc(F)cn1)C(=O)O. The first-order chi connectivity index (χ1) is 8.40. The molecule has 0 aliphatic heterocycles. The molecule has 0 radical (unpaired) electrons. The van der Waals surface area contributed by atoms with Crippen LogP contribution in [0.2, 0.25) is 0 Å². The van der Waals surface area contributed by atoms with E-state index < -0.39 is 23.7 Å². The van der Waals surface area contributed by atoms with Crippen molar-refractivity contribution in [2.75, 3.05) is 0 Å². The zero-order valence-corrected chi connectivity index (χ0v) is 10.2. The van der Waals surface area contributed by atoms with Crippen molar-refractivity contribution < 1.29 is 19.1 Å². The second-order valence-corrected chi connectivity index (χ2v) is 4.36. The fraction of sp³-hybridized carbons (Fsp3) is 0.417. The first-order valence-corrected chi connectivity index (χ1v) is 5.55. The molecule has 1 rings (SSSR count). The summed E-state index contributed by atoms with van der Waals surface area (Å²) in [7, 11) is 0. The summed E-state index contributed by atoms with van der Waals surface area (Å²) in [4.78, 5) is 26.2. The summed E-state index contributed by atoms with van der Waals surface area (Å²) in [6.45, 7) is 3.72. The number of rotatable bonds is 5. The Hall–Kier alpha value is -1.98. The summed E-state index contributed by atoms with van der Waals surface area (Å²) >= 11 is 0. The number of carbonyl (C=O) groups excluding carboxylic acids is 1. The number of carboxylic acids is 1. The van der Waals surface area contributed by atoms with Gasteiger partial charge in [0.15, 0.2) is 0 Å². The standard InChI is InChI=1S/C12H15FN2O3/c1-7(2)5-10(12(17)18)15-11(16)9-4-3-8(13)6-14-9/h3-4,6-7,10H,5H2,1-2H3,(H,15,16)(H,17,18)/t10-/m0/s1. The summed E-state index contributed by atoms with van der Waals surface area (Å²) in [6.07, 6.45) is 1.23. The number of aliphatic carboxylic acids is 1. The Morgan fingerprint density at radius 2 is 2.11 bits per heavy atom. The van der Waals surface area contributed by atoms with Gasteiger partial charge in [-0.3, -0.25) is 4.79 Å². The molecule has 0 bridgehead atoms. The maximum absolute atomic E-state index is 12.6. The Bertz CT molecular complexity index is 431. The summed E-state index contributed by atoms with van der Waals surface area (Å²) in [5.74, 6) is -2.14. The fourth-order valence-corrected chi connectivity index (χ4v) is 1.44. The van der Waals surface area contributed by atoms with Crippen molar-refractivity contribution in [1.29, 1.82) is 0 Å². The number of aromatic nitrogens is 1. The monoisotopic (exact) mass is 254 g/mol. The molecular formula is C12H15FN2O3. The Labute approximate surface area is 104 Å². The highest BCUT2D eigenvalue weighted by Crippen LogP contribution is 2.06. The van der Waals surface area contributed by atoms with Gasteiger partial charge in [-0.05, 0) is 24.5 Å². The quantitative estimate of drug-likeness (QED) is 0.833. The van der Waals surface area contributed by atoms with Crippen molar-refractivity contribution in [3.8, 4) is 0 Å². The van der Waals surface area contributed by atoms with E-state index in [1.807, 2.05) is 13.8 Å². The Kier molecular flexibility index (Phi) is 4.76. The molecule has 0 saturated carbocycles. The summed E-state index contributed by atoms with van der Waals surface area (Å²) in [5, 5.41) is 11.3. The van der Waals surface area contributed by atoms with Gasteiger partial charge >= 0.3 is 5.97 Å². The third-order valence-electron chi connectivity index (χ3n) is 2.27. The van der Waals surface area contributed by atoms with E-state index in [0.29, 0.717) is 6.42 Å². The van der Waals surface area contributed by atoms with Crippen molar-refractivity contribution in [2.24, 2.45) is 5.92 Å². The van der Waals surface area contributed by atoms with Crippen LogP contribution in [0.3, 0.4) is 0 Å². The van der Waals surface area contributed by atoms with Gasteiger partial charge in [-0.1, -0.05) is 13.8 Å². The first-order valence-electron chi connectivity index (χ1n) is 5.55. The number of amides is 1. The minimum Gasteiger partial charge on any atom is -0.480 e. The lowest BCUT2D eigenvalue weighted by Gasteiger charge is -2.16. The summed E-state index contributed by atoms with van der Waals surface area (Å²) in [5.41, 5.74) is -0.00796. The second-order valence-electron chi connectivity index (χ2n) is 4.36. The van der Waals surface area contributed by atoms with Crippen molar-refractivity contribution in [3.63, 3.8) is 0 Å². The second kappa shape index (κ2) is 6.09. The van der Waals surface area contributed by atoms with Gasteiger partial charge in [0.2, 0.25) is 0 Å². The number of halogens is 1. The van der Waals surface area contributed by atoms with Gasteiger partial charge in [-0.15, -0.1) is 0 Å². The van der Waals surface area contributed by atoms with E-state index in [1.165, 1.54) is 6.07 Å². The van der Waals surface area contributed by atoms with Crippen molar-refractivity contribution in [2.45, 2.75) is 26.3 Å². The van der Waals surface area contributed by atoms with Crippen LogP contribution < -0.4 is 5.32 Å². The van der Waals surface area contributed by atoms with Crippen LogP contribution >= 0.6 is 0 Å². The highest BCUT2D eigenvalue weighted by molar-refractivity contribution is 5.94. The van der Waals surface area contributed by atoms with Crippen LogP contribution in [-0.2, 0) is 4.79 Å². The van der Waals surface area contributed by atoms with Crippen molar-refractivity contribution >= 4 is 11.9 Å². The van der Waals surface area contributed by atoms with Gasteiger partial charge in [-0.25, -0.2) is 14.2 Å². The number of carboxylic acid groups (broad SMARTS) is 1. The van der Waals surface area contributed by atoms with Gasteiger partial charge in [0.25, 0.3) is 5.91 Å². The molecule has 2 N–H and O–H groups in total. The van der Waals surface area contributed by atoms with Gasteiger partial charge in [-0.2, -0.15) is 0 Å². The number of nitrogens with zero attached hydrogens (tertiary/aromatic N) is 1. The smallest absolute Gasteiger partial charge is 0.326 e. The molecule has 0 aliphatic rings. The molecule has 1 heterocycles. The molecule has 0 spiro atoms. The molecule has 1 atom stereocenters. The number of hydrogen-bond acceptors (Lipinski definition) is 3. The minimum absolute atomic E-state index is 0.00796. The lowest BCUT2D eigenvalue weighted by Crippen LogP contribution is -2.41. The zero-order chi connectivity index (χ0) is 13.7. The van der Waals surface area contributed by atoms with E-state index in [4.69, 9.17) is 5.11 Å². The van der Waals surface area contributed by atoms with Gasteiger partial charge in [0.1, 0.15) is 17.6 Å². The Morgan fingerprint density at radius 3 is 2.56 bits per heavy atom. The van der Waals surface area contributed by atoms with E-state index in [-0.39, 0.29) is 11.6 Å². The van der Waals surface area contributed by atoms with Crippen LogP contribution in [0.15, 0.2) is 18.3 Å². The van der Waals surface area contributed by atoms with E-state index in [1.54, 1.807) is 0 Å². The first kappa shape index (κ1) is 14.1. The molecule has 1 amide bonds. The topological polar surface area (TPSA) is 79.3 Å². The number of nitrogens with one attached hydrogen (secondary N) is 1.